The summed E-state index contributed by atoms with van der Waals surface area (Å²) in [6, 6.07) is 7.02. The van der Waals surface area contributed by atoms with E-state index in [4.69, 9.17) is 5.11 Å². The highest BCUT2D eigenvalue weighted by Gasteiger charge is 2.11. The molecule has 0 spiro atoms. The lowest BCUT2D eigenvalue weighted by Crippen LogP contribution is -2.32. The zero-order chi connectivity index (χ0) is 16.0. The summed E-state index contributed by atoms with van der Waals surface area (Å²) in [6.45, 7) is 8.00. The summed E-state index contributed by atoms with van der Waals surface area (Å²) >= 11 is 0. The van der Waals surface area contributed by atoms with Gasteiger partial charge >= 0.3 is 12.0 Å². The first-order valence-electron chi connectivity index (χ1n) is 6.78. The molecule has 0 aliphatic rings. The highest BCUT2D eigenvalue weighted by Crippen LogP contribution is 2.21. The van der Waals surface area contributed by atoms with Crippen LogP contribution in [0.15, 0.2) is 36.4 Å². The SMILES string of the molecule is C=C(C)CN(C)C(=O)Nc1ccc(C(C)CC(=O)O)cc1. The highest BCUT2D eigenvalue weighted by molar-refractivity contribution is 5.89. The fourth-order valence-electron chi connectivity index (χ4n) is 1.97. The molecular weight excluding hydrogens is 268 g/mol. The van der Waals surface area contributed by atoms with Crippen molar-refractivity contribution in [1.29, 1.82) is 0 Å². The zero-order valence-electron chi connectivity index (χ0n) is 12.7. The lowest BCUT2D eigenvalue weighted by molar-refractivity contribution is -0.137. The van der Waals surface area contributed by atoms with E-state index in [0.717, 1.165) is 11.1 Å². The van der Waals surface area contributed by atoms with Crippen LogP contribution in [0.1, 0.15) is 31.7 Å². The number of anilines is 1. The largest absolute Gasteiger partial charge is 0.481 e. The summed E-state index contributed by atoms with van der Waals surface area (Å²) < 4.78 is 0. The number of nitrogens with one attached hydrogen (secondary N) is 1. The van der Waals surface area contributed by atoms with Crippen LogP contribution in [0.4, 0.5) is 10.5 Å². The number of carbonyl (C=O) groups excluding carboxylic acids is 1. The molecular formula is C16H22N2O3. The number of hydrogen-bond acceptors (Lipinski definition) is 2. The first-order chi connectivity index (χ1) is 9.79. The van der Waals surface area contributed by atoms with Gasteiger partial charge in [0, 0.05) is 19.3 Å². The van der Waals surface area contributed by atoms with Crippen molar-refractivity contribution >= 4 is 17.7 Å². The number of benzene rings is 1. The van der Waals surface area contributed by atoms with E-state index in [9.17, 15) is 9.59 Å². The van der Waals surface area contributed by atoms with Crippen LogP contribution in [-0.2, 0) is 4.79 Å². The summed E-state index contributed by atoms with van der Waals surface area (Å²) in [4.78, 5) is 24.1. The van der Waals surface area contributed by atoms with Gasteiger partial charge in [-0.15, -0.1) is 0 Å². The molecule has 0 radical (unpaired) electrons. The molecule has 0 aromatic heterocycles. The molecule has 5 nitrogen and oxygen atoms in total. The fraction of sp³-hybridized carbons (Fsp3) is 0.375. The first-order valence-corrected chi connectivity index (χ1v) is 6.78. The van der Waals surface area contributed by atoms with E-state index >= 15 is 0 Å². The lowest BCUT2D eigenvalue weighted by Gasteiger charge is -2.18. The third-order valence-electron chi connectivity index (χ3n) is 3.07. The Kier molecular flexibility index (Phi) is 5.96. The maximum atomic E-state index is 11.9. The minimum atomic E-state index is -0.818. The summed E-state index contributed by atoms with van der Waals surface area (Å²) in [5, 5.41) is 11.6. The molecule has 0 saturated carbocycles. The second kappa shape index (κ2) is 7.47. The molecule has 5 heteroatoms. The average molecular weight is 290 g/mol. The Morgan fingerprint density at radius 3 is 2.38 bits per heavy atom. The van der Waals surface area contributed by atoms with Gasteiger partial charge in [0.15, 0.2) is 0 Å². The van der Waals surface area contributed by atoms with Gasteiger partial charge in [0.05, 0.1) is 6.42 Å². The minimum absolute atomic E-state index is 0.0571. The number of likely N-dealkylation sites (N-methyl/N-ethyl adjacent to an activating group) is 1. The monoisotopic (exact) mass is 290 g/mol. The molecule has 0 saturated heterocycles. The van der Waals surface area contributed by atoms with Gasteiger partial charge in [-0.2, -0.15) is 0 Å². The number of carboxylic acid groups (broad SMARTS) is 1. The minimum Gasteiger partial charge on any atom is -0.481 e. The molecule has 0 bridgehead atoms. The van der Waals surface area contributed by atoms with Gasteiger partial charge in [0.2, 0.25) is 0 Å². The topological polar surface area (TPSA) is 69.6 Å². The average Bonchev–Trinajstić information content (AvgIpc) is 2.37. The number of aliphatic carboxylic acids is 1. The van der Waals surface area contributed by atoms with Crippen LogP contribution in [0.3, 0.4) is 0 Å². The molecule has 0 aliphatic carbocycles. The van der Waals surface area contributed by atoms with E-state index in [1.165, 1.54) is 0 Å². The van der Waals surface area contributed by atoms with Crippen LogP contribution in [0.25, 0.3) is 0 Å². The van der Waals surface area contributed by atoms with E-state index in [1.54, 1.807) is 24.1 Å². The number of amides is 2. The van der Waals surface area contributed by atoms with Gasteiger partial charge in [0.25, 0.3) is 0 Å². The fourth-order valence-corrected chi connectivity index (χ4v) is 1.97. The van der Waals surface area contributed by atoms with Crippen LogP contribution < -0.4 is 5.32 Å². The summed E-state index contributed by atoms with van der Waals surface area (Å²) in [5.74, 6) is -0.875. The van der Waals surface area contributed by atoms with Crippen LogP contribution in [0, 0.1) is 0 Å². The smallest absolute Gasteiger partial charge is 0.321 e. The Labute approximate surface area is 125 Å². The number of carbonyl (C=O) groups is 2. The van der Waals surface area contributed by atoms with Gasteiger partial charge in [-0.1, -0.05) is 31.2 Å². The number of hydrogen-bond donors (Lipinski definition) is 2. The molecule has 1 unspecified atom stereocenters. The van der Waals surface area contributed by atoms with E-state index in [-0.39, 0.29) is 18.4 Å². The third-order valence-corrected chi connectivity index (χ3v) is 3.07. The van der Waals surface area contributed by atoms with Crippen molar-refractivity contribution in [2.75, 3.05) is 18.9 Å². The van der Waals surface area contributed by atoms with Gasteiger partial charge in [-0.05, 0) is 30.5 Å². The van der Waals surface area contributed by atoms with Crippen molar-refractivity contribution in [3.05, 3.63) is 42.0 Å². The predicted molar refractivity (Wildman–Crippen MR) is 83.6 cm³/mol. The molecule has 2 N–H and O–H groups in total. The van der Waals surface area contributed by atoms with Crippen molar-refractivity contribution < 1.29 is 14.7 Å². The quantitative estimate of drug-likeness (QED) is 0.790. The zero-order valence-corrected chi connectivity index (χ0v) is 12.7. The van der Waals surface area contributed by atoms with E-state index in [2.05, 4.69) is 11.9 Å². The van der Waals surface area contributed by atoms with E-state index in [0.29, 0.717) is 12.2 Å². The maximum Gasteiger partial charge on any atom is 0.321 e. The Bertz CT molecular complexity index is 523. The van der Waals surface area contributed by atoms with Crippen LogP contribution >= 0.6 is 0 Å². The van der Waals surface area contributed by atoms with Crippen LogP contribution in [0.5, 0.6) is 0 Å². The van der Waals surface area contributed by atoms with Gasteiger partial charge < -0.3 is 15.3 Å². The van der Waals surface area contributed by atoms with Gasteiger partial charge in [-0.3, -0.25) is 4.79 Å². The number of urea groups is 1. The van der Waals surface area contributed by atoms with Crippen molar-refractivity contribution in [3.8, 4) is 0 Å². The second-order valence-electron chi connectivity index (χ2n) is 5.36. The van der Waals surface area contributed by atoms with Crippen LogP contribution in [0.2, 0.25) is 0 Å². The van der Waals surface area contributed by atoms with E-state index < -0.39 is 5.97 Å². The Morgan fingerprint density at radius 2 is 1.90 bits per heavy atom. The standard InChI is InChI=1S/C16H22N2O3/c1-11(2)10-18(4)16(21)17-14-7-5-13(6-8-14)12(3)9-15(19)20/h5-8,12H,1,9-10H2,2-4H3,(H,17,21)(H,19,20). The van der Waals surface area contributed by atoms with Crippen LogP contribution in [-0.4, -0.2) is 35.6 Å². The molecule has 21 heavy (non-hydrogen) atoms. The number of carboxylic acids is 1. The van der Waals surface area contributed by atoms with Crippen molar-refractivity contribution in [1.82, 2.24) is 4.90 Å². The van der Waals surface area contributed by atoms with E-state index in [1.807, 2.05) is 26.0 Å². The lowest BCUT2D eigenvalue weighted by atomic mass is 9.98. The summed E-state index contributed by atoms with van der Waals surface area (Å²) in [5.41, 5.74) is 2.52. The molecule has 114 valence electrons. The molecule has 0 heterocycles. The summed E-state index contributed by atoms with van der Waals surface area (Å²) in [7, 11) is 1.70. The molecule has 0 fully saturated rings. The Morgan fingerprint density at radius 1 is 1.33 bits per heavy atom. The predicted octanol–water partition coefficient (Wildman–Crippen LogP) is 3.30. The molecule has 1 aromatic rings. The van der Waals surface area contributed by atoms with Gasteiger partial charge in [0.1, 0.15) is 0 Å². The summed E-state index contributed by atoms with van der Waals surface area (Å²) in [6.07, 6.45) is 0.0903. The van der Waals surface area contributed by atoms with Crippen molar-refractivity contribution in [2.24, 2.45) is 0 Å². The number of rotatable bonds is 6. The maximum absolute atomic E-state index is 11.9. The second-order valence-corrected chi connectivity index (χ2v) is 5.36. The highest BCUT2D eigenvalue weighted by atomic mass is 16.4. The van der Waals surface area contributed by atoms with Gasteiger partial charge in [-0.25, -0.2) is 4.79 Å². The molecule has 2 amide bonds. The molecule has 1 atom stereocenters. The Balaban J connectivity index is 2.64. The third kappa shape index (κ3) is 5.69. The normalized spacial score (nSPS) is 11.6. The molecule has 1 aromatic carbocycles. The Hall–Kier alpha value is -2.30. The van der Waals surface area contributed by atoms with Crippen molar-refractivity contribution in [3.63, 3.8) is 0 Å². The van der Waals surface area contributed by atoms with Crippen molar-refractivity contribution in [2.45, 2.75) is 26.2 Å². The first kappa shape index (κ1) is 16.8. The number of nitrogens with zero attached hydrogens (tertiary/aromatic N) is 1. The molecule has 1 rings (SSSR count). The molecule has 0 aliphatic heterocycles.